The zero-order chi connectivity index (χ0) is 37.6. The molecule has 1 fully saturated rings. The van der Waals surface area contributed by atoms with Gasteiger partial charge in [-0.2, -0.15) is 0 Å². The molecule has 0 bridgehead atoms. The predicted octanol–water partition coefficient (Wildman–Crippen LogP) is 6.84. The van der Waals surface area contributed by atoms with Crippen molar-refractivity contribution < 1.29 is 42.0 Å². The van der Waals surface area contributed by atoms with Crippen molar-refractivity contribution in [2.75, 3.05) is 11.9 Å². The number of hydrogen-bond acceptors (Lipinski definition) is 6. The van der Waals surface area contributed by atoms with E-state index in [1.54, 1.807) is 4.57 Å². The number of aliphatic hydroxyl groups excluding tert-OH is 1. The molecule has 53 heavy (non-hydrogen) atoms. The van der Waals surface area contributed by atoms with E-state index in [4.69, 9.17) is 25.2 Å². The molecule has 1 aliphatic carbocycles. The van der Waals surface area contributed by atoms with Gasteiger partial charge in [-0.25, -0.2) is 4.39 Å². The average molecular weight is 720 g/mol. The van der Waals surface area contributed by atoms with E-state index in [0.717, 1.165) is 11.1 Å². The van der Waals surface area contributed by atoms with Crippen molar-refractivity contribution in [3.63, 3.8) is 0 Å². The number of aliphatic hydroxyl groups is 1. The summed E-state index contributed by atoms with van der Waals surface area (Å²) in [6.45, 7) is 4.48. The Morgan fingerprint density at radius 3 is 2.23 bits per heavy atom. The van der Waals surface area contributed by atoms with E-state index in [1.165, 1.54) is 30.3 Å². The Morgan fingerprint density at radius 1 is 0.925 bits per heavy atom. The molecule has 1 aliphatic heterocycles. The molecule has 4 aromatic carbocycles. The van der Waals surface area contributed by atoms with Crippen LogP contribution in [0.15, 0.2) is 97.1 Å². The topological polar surface area (TPSA) is 91.2 Å². The third kappa shape index (κ3) is 7.69. The van der Waals surface area contributed by atoms with Gasteiger partial charge in [0.1, 0.15) is 21.5 Å². The standard InChI is InChI=1S/C40H37B2F3N2O6/c1-37(2,24-50-22-25-9-5-3-6-10-25)34-18-27-17-30(46-36(49)38(15-16-38)28-13-14-32-33(19-28)53-40(44,45)52-32)29(43)20-31(27)47(34)21-35(48)39(41,42)51-23-26-11-7-4-8-12-26/h3-14,17-20,35,48H,15-16,21-24H2,1-2H3,(H,46,49). The molecule has 13 heteroatoms. The molecule has 5 aromatic rings. The van der Waals surface area contributed by atoms with E-state index < -0.39 is 40.4 Å². The highest BCUT2D eigenvalue weighted by atomic mass is 19.3. The Kier molecular flexibility index (Phi) is 9.63. The van der Waals surface area contributed by atoms with Gasteiger partial charge in [0.2, 0.25) is 5.91 Å². The second-order valence-electron chi connectivity index (χ2n) is 14.4. The van der Waals surface area contributed by atoms with Gasteiger partial charge in [-0.1, -0.05) is 80.6 Å². The van der Waals surface area contributed by atoms with E-state index in [-0.39, 0.29) is 36.9 Å². The summed E-state index contributed by atoms with van der Waals surface area (Å²) in [7, 11) is 12.6. The number of halogens is 3. The largest absolute Gasteiger partial charge is 0.586 e. The lowest BCUT2D eigenvalue weighted by Gasteiger charge is -2.34. The van der Waals surface area contributed by atoms with Crippen molar-refractivity contribution >= 4 is 38.2 Å². The molecule has 2 heterocycles. The lowest BCUT2D eigenvalue weighted by Crippen LogP contribution is -2.48. The first kappa shape index (κ1) is 36.6. The Bertz CT molecular complexity index is 2120. The van der Waals surface area contributed by atoms with Gasteiger partial charge in [0.25, 0.3) is 0 Å². The number of rotatable bonds is 14. The van der Waals surface area contributed by atoms with E-state index >= 15 is 4.39 Å². The molecule has 1 atom stereocenters. The quantitative estimate of drug-likeness (QED) is 0.122. The first-order chi connectivity index (χ1) is 25.2. The van der Waals surface area contributed by atoms with Crippen LogP contribution < -0.4 is 14.8 Å². The molecule has 270 valence electrons. The molecule has 2 aliphatic rings. The van der Waals surface area contributed by atoms with Gasteiger partial charge in [-0.05, 0) is 53.8 Å². The van der Waals surface area contributed by atoms with Crippen molar-refractivity contribution in [2.45, 2.75) is 75.1 Å². The third-order valence-corrected chi connectivity index (χ3v) is 9.85. The number of fused-ring (bicyclic) bond motifs is 2. The summed E-state index contributed by atoms with van der Waals surface area (Å²) in [5, 5.41) is 12.7. The van der Waals surface area contributed by atoms with Gasteiger partial charge in [-0.15, -0.1) is 8.78 Å². The maximum absolute atomic E-state index is 16.0. The van der Waals surface area contributed by atoms with E-state index in [0.29, 0.717) is 41.6 Å². The second kappa shape index (κ2) is 13.9. The maximum atomic E-state index is 16.0. The SMILES string of the molecule is [B]C([B])(OCc1ccccc1)C(O)Cn1c(C(C)(C)COCc2ccccc2)cc2cc(NC(=O)C3(c4ccc5c(c4)OC(F)(F)O5)CC3)c(F)cc21. The zero-order valence-electron chi connectivity index (χ0n) is 29.3. The number of ether oxygens (including phenoxy) is 4. The summed E-state index contributed by atoms with van der Waals surface area (Å²) in [5.41, 5.74) is 1.59. The van der Waals surface area contributed by atoms with Crippen LogP contribution >= 0.6 is 0 Å². The number of nitrogens with zero attached hydrogens (tertiary/aromatic N) is 1. The number of alkyl halides is 2. The summed E-state index contributed by atoms with van der Waals surface area (Å²) in [4.78, 5) is 13.7. The smallest absolute Gasteiger partial charge is 0.395 e. The summed E-state index contributed by atoms with van der Waals surface area (Å²) in [6.07, 6.45) is -4.36. The summed E-state index contributed by atoms with van der Waals surface area (Å²) in [6, 6.07) is 27.9. The molecule has 0 saturated heterocycles. The van der Waals surface area contributed by atoms with Gasteiger partial charge in [0, 0.05) is 28.0 Å². The Balaban J connectivity index is 1.16. The Hall–Kier alpha value is -4.71. The molecular weight excluding hydrogens is 683 g/mol. The van der Waals surface area contributed by atoms with Crippen LogP contribution in [0.25, 0.3) is 10.9 Å². The lowest BCUT2D eigenvalue weighted by atomic mass is 9.61. The molecular formula is C40H37B2F3N2O6. The minimum Gasteiger partial charge on any atom is -0.395 e. The average Bonchev–Trinajstić information content (AvgIpc) is 3.78. The van der Waals surface area contributed by atoms with E-state index in [9.17, 15) is 18.7 Å². The summed E-state index contributed by atoms with van der Waals surface area (Å²) >= 11 is 0. The van der Waals surface area contributed by atoms with Crippen molar-refractivity contribution in [1.29, 1.82) is 0 Å². The molecule has 8 nitrogen and oxygen atoms in total. The van der Waals surface area contributed by atoms with E-state index in [2.05, 4.69) is 14.8 Å². The van der Waals surface area contributed by atoms with Crippen LogP contribution in [0.5, 0.6) is 11.5 Å². The Labute approximate surface area is 308 Å². The molecule has 0 spiro atoms. The van der Waals surface area contributed by atoms with Crippen molar-refractivity contribution in [3.8, 4) is 11.5 Å². The minimum atomic E-state index is -3.79. The number of carbonyl (C=O) groups is 1. The fraction of sp³-hybridized carbons (Fsp3) is 0.325. The second-order valence-corrected chi connectivity index (χ2v) is 14.4. The van der Waals surface area contributed by atoms with Crippen molar-refractivity contribution in [3.05, 3.63) is 125 Å². The fourth-order valence-corrected chi connectivity index (χ4v) is 6.66. The van der Waals surface area contributed by atoms with Crippen LogP contribution in [0.1, 0.15) is 49.1 Å². The van der Waals surface area contributed by atoms with Gasteiger partial charge in [0.05, 0.1) is 49.1 Å². The fourth-order valence-electron chi connectivity index (χ4n) is 6.66. The first-order valence-corrected chi connectivity index (χ1v) is 17.3. The number of nitrogens with one attached hydrogen (secondary N) is 1. The maximum Gasteiger partial charge on any atom is 0.586 e. The van der Waals surface area contributed by atoms with Crippen LogP contribution in [0.2, 0.25) is 0 Å². The monoisotopic (exact) mass is 720 g/mol. The van der Waals surface area contributed by atoms with Crippen LogP contribution in [-0.2, 0) is 44.9 Å². The highest BCUT2D eigenvalue weighted by Gasteiger charge is 2.53. The molecule has 1 amide bonds. The Morgan fingerprint density at radius 2 is 1.57 bits per heavy atom. The van der Waals surface area contributed by atoms with Crippen LogP contribution in [-0.4, -0.2) is 55.7 Å². The summed E-state index contributed by atoms with van der Waals surface area (Å²) in [5.74, 6) is -1.51. The van der Waals surface area contributed by atoms with Crippen molar-refractivity contribution in [2.24, 2.45) is 0 Å². The molecule has 2 N–H and O–H groups in total. The van der Waals surface area contributed by atoms with Gasteiger partial charge < -0.3 is 33.9 Å². The lowest BCUT2D eigenvalue weighted by molar-refractivity contribution is -0.286. The van der Waals surface area contributed by atoms with E-state index in [1.807, 2.05) is 80.6 Å². The number of amides is 1. The van der Waals surface area contributed by atoms with Crippen LogP contribution in [0.3, 0.4) is 0 Å². The molecule has 4 radical (unpaired) electrons. The van der Waals surface area contributed by atoms with Gasteiger partial charge in [0.15, 0.2) is 11.5 Å². The van der Waals surface area contributed by atoms with Crippen LogP contribution in [0.4, 0.5) is 18.9 Å². The number of hydrogen-bond donors (Lipinski definition) is 2. The number of carbonyl (C=O) groups excluding carboxylic acids is 1. The molecule has 1 aromatic heterocycles. The van der Waals surface area contributed by atoms with Crippen LogP contribution in [0, 0.1) is 5.82 Å². The zero-order valence-corrected chi connectivity index (χ0v) is 29.3. The van der Waals surface area contributed by atoms with Gasteiger partial charge in [-0.3, -0.25) is 4.79 Å². The number of aromatic nitrogens is 1. The van der Waals surface area contributed by atoms with Crippen molar-refractivity contribution in [1.82, 2.24) is 4.57 Å². The number of anilines is 1. The summed E-state index contributed by atoms with van der Waals surface area (Å²) < 4.78 is 66.0. The van der Waals surface area contributed by atoms with Gasteiger partial charge >= 0.3 is 6.29 Å². The molecule has 1 saturated carbocycles. The highest BCUT2D eigenvalue weighted by molar-refractivity contribution is 6.39. The normalized spacial score (nSPS) is 16.4. The first-order valence-electron chi connectivity index (χ1n) is 17.3. The predicted molar refractivity (Wildman–Crippen MR) is 195 cm³/mol. The molecule has 1 unspecified atom stereocenters. The number of benzene rings is 4. The highest BCUT2D eigenvalue weighted by Crippen LogP contribution is 2.52. The minimum absolute atomic E-state index is 0.0565. The third-order valence-electron chi connectivity index (χ3n) is 9.85. The molecule has 7 rings (SSSR count).